The van der Waals surface area contributed by atoms with E-state index in [1.165, 1.54) is 43.9 Å². The summed E-state index contributed by atoms with van der Waals surface area (Å²) in [6.45, 7) is 3.86. The van der Waals surface area contributed by atoms with Crippen molar-refractivity contribution in [1.82, 2.24) is 5.32 Å². The smallest absolute Gasteiger partial charge is 0.255 e. The minimum atomic E-state index is -0.459. The Balaban J connectivity index is 1.94. The molecule has 0 aliphatic rings. The van der Waals surface area contributed by atoms with Crippen molar-refractivity contribution in [2.24, 2.45) is 5.73 Å². The van der Waals surface area contributed by atoms with Crippen LogP contribution in [0, 0.1) is 0 Å². The fourth-order valence-electron chi connectivity index (χ4n) is 3.03. The standard InChI is InChI=1S/C21H30N2O2/c1-2-3-4-5-6-9-14-23-15-19-18-11-8-7-10-17(18)12-13-20(19)25-16-21(22)24/h7-8,10-13,23H,2-6,9,14-16H2,1H3,(H2,22,24). The molecule has 1 amide bonds. The van der Waals surface area contributed by atoms with E-state index in [2.05, 4.69) is 24.4 Å². The molecule has 2 aromatic carbocycles. The molecule has 2 aromatic rings. The van der Waals surface area contributed by atoms with Crippen LogP contribution in [-0.2, 0) is 11.3 Å². The molecule has 136 valence electrons. The lowest BCUT2D eigenvalue weighted by Crippen LogP contribution is -2.21. The highest BCUT2D eigenvalue weighted by molar-refractivity contribution is 5.88. The molecule has 0 unspecified atom stereocenters. The molecule has 0 radical (unpaired) electrons. The second-order valence-electron chi connectivity index (χ2n) is 6.46. The summed E-state index contributed by atoms with van der Waals surface area (Å²) in [5, 5.41) is 5.84. The highest BCUT2D eigenvalue weighted by atomic mass is 16.5. The molecule has 0 saturated carbocycles. The summed E-state index contributed by atoms with van der Waals surface area (Å²) in [5.41, 5.74) is 6.30. The minimum Gasteiger partial charge on any atom is -0.483 e. The van der Waals surface area contributed by atoms with Crippen molar-refractivity contribution in [1.29, 1.82) is 0 Å². The molecule has 0 aromatic heterocycles. The van der Waals surface area contributed by atoms with Crippen LogP contribution in [0.15, 0.2) is 36.4 Å². The molecule has 0 fully saturated rings. The average molecular weight is 342 g/mol. The summed E-state index contributed by atoms with van der Waals surface area (Å²) in [6.07, 6.45) is 7.73. The largest absolute Gasteiger partial charge is 0.483 e. The van der Waals surface area contributed by atoms with E-state index in [4.69, 9.17) is 10.5 Å². The van der Waals surface area contributed by atoms with Crippen LogP contribution in [0.3, 0.4) is 0 Å². The molecule has 0 heterocycles. The van der Waals surface area contributed by atoms with Gasteiger partial charge < -0.3 is 15.8 Å². The number of amides is 1. The Morgan fingerprint density at radius 3 is 2.60 bits per heavy atom. The van der Waals surface area contributed by atoms with E-state index in [1.54, 1.807) is 0 Å². The first kappa shape index (κ1) is 19.3. The summed E-state index contributed by atoms with van der Waals surface area (Å²) in [6, 6.07) is 12.2. The van der Waals surface area contributed by atoms with Crippen molar-refractivity contribution in [2.75, 3.05) is 13.2 Å². The van der Waals surface area contributed by atoms with Crippen molar-refractivity contribution in [2.45, 2.75) is 52.0 Å². The predicted molar refractivity (Wildman–Crippen MR) is 104 cm³/mol. The van der Waals surface area contributed by atoms with Crippen LogP contribution in [0.5, 0.6) is 5.75 Å². The first-order valence-corrected chi connectivity index (χ1v) is 9.34. The third kappa shape index (κ3) is 6.39. The van der Waals surface area contributed by atoms with E-state index in [-0.39, 0.29) is 6.61 Å². The highest BCUT2D eigenvalue weighted by Gasteiger charge is 2.09. The van der Waals surface area contributed by atoms with E-state index in [9.17, 15) is 4.79 Å². The molecule has 0 aliphatic heterocycles. The van der Waals surface area contributed by atoms with Gasteiger partial charge >= 0.3 is 0 Å². The van der Waals surface area contributed by atoms with Crippen molar-refractivity contribution in [3.05, 3.63) is 42.0 Å². The molecule has 2 rings (SSSR count). The molecule has 3 N–H and O–H groups in total. The van der Waals surface area contributed by atoms with E-state index in [0.717, 1.165) is 29.8 Å². The Hall–Kier alpha value is -2.07. The number of nitrogens with two attached hydrogens (primary N) is 1. The maximum atomic E-state index is 11.0. The van der Waals surface area contributed by atoms with Crippen LogP contribution in [-0.4, -0.2) is 19.1 Å². The third-order valence-corrected chi connectivity index (χ3v) is 4.38. The molecule has 0 atom stereocenters. The lowest BCUT2D eigenvalue weighted by atomic mass is 10.0. The number of primary amides is 1. The van der Waals surface area contributed by atoms with Gasteiger partial charge in [0.25, 0.3) is 5.91 Å². The fraction of sp³-hybridized carbons (Fsp3) is 0.476. The molecule has 4 nitrogen and oxygen atoms in total. The Morgan fingerprint density at radius 1 is 1.04 bits per heavy atom. The second kappa shape index (κ2) is 10.7. The zero-order valence-electron chi connectivity index (χ0n) is 15.2. The zero-order valence-corrected chi connectivity index (χ0v) is 15.2. The van der Waals surface area contributed by atoms with Gasteiger partial charge in [-0.2, -0.15) is 0 Å². The average Bonchev–Trinajstić information content (AvgIpc) is 2.62. The van der Waals surface area contributed by atoms with Gasteiger partial charge in [-0.3, -0.25) is 4.79 Å². The normalized spacial score (nSPS) is 10.9. The van der Waals surface area contributed by atoms with Gasteiger partial charge in [-0.25, -0.2) is 0 Å². The first-order chi connectivity index (χ1) is 12.2. The summed E-state index contributed by atoms with van der Waals surface area (Å²) in [5.74, 6) is 0.270. The number of ether oxygens (including phenoxy) is 1. The molecular weight excluding hydrogens is 312 g/mol. The molecular formula is C21H30N2O2. The Kier molecular flexibility index (Phi) is 8.26. The van der Waals surface area contributed by atoms with E-state index in [0.29, 0.717) is 0 Å². The van der Waals surface area contributed by atoms with E-state index in [1.807, 2.05) is 24.3 Å². The van der Waals surface area contributed by atoms with Gasteiger partial charge in [0.05, 0.1) is 0 Å². The quantitative estimate of drug-likeness (QED) is 0.569. The van der Waals surface area contributed by atoms with Gasteiger partial charge in [0.15, 0.2) is 6.61 Å². The van der Waals surface area contributed by atoms with Crippen LogP contribution in [0.1, 0.15) is 51.0 Å². The summed E-state index contributed by atoms with van der Waals surface area (Å²) < 4.78 is 5.61. The number of carbonyl (C=O) groups excluding carboxylic acids is 1. The Labute approximate surface area is 150 Å². The number of carbonyl (C=O) groups is 1. The summed E-state index contributed by atoms with van der Waals surface area (Å²) in [4.78, 5) is 11.0. The van der Waals surface area contributed by atoms with Crippen LogP contribution in [0.2, 0.25) is 0 Å². The lowest BCUT2D eigenvalue weighted by molar-refractivity contribution is -0.119. The second-order valence-corrected chi connectivity index (χ2v) is 6.46. The number of fused-ring (bicyclic) bond motifs is 1. The van der Waals surface area contributed by atoms with Crippen LogP contribution >= 0.6 is 0 Å². The number of hydrogen-bond donors (Lipinski definition) is 2. The highest BCUT2D eigenvalue weighted by Crippen LogP contribution is 2.28. The Morgan fingerprint density at radius 2 is 1.80 bits per heavy atom. The van der Waals surface area contributed by atoms with E-state index < -0.39 is 5.91 Å². The first-order valence-electron chi connectivity index (χ1n) is 9.34. The van der Waals surface area contributed by atoms with Gasteiger partial charge in [-0.1, -0.05) is 69.4 Å². The third-order valence-electron chi connectivity index (χ3n) is 4.38. The van der Waals surface area contributed by atoms with Crippen molar-refractivity contribution in [3.63, 3.8) is 0 Å². The molecule has 4 heteroatoms. The van der Waals surface area contributed by atoms with Crippen molar-refractivity contribution in [3.8, 4) is 5.75 Å². The maximum Gasteiger partial charge on any atom is 0.255 e. The van der Waals surface area contributed by atoms with Crippen LogP contribution < -0.4 is 15.8 Å². The fourth-order valence-corrected chi connectivity index (χ4v) is 3.03. The Bertz CT molecular complexity index is 670. The number of benzene rings is 2. The monoisotopic (exact) mass is 342 g/mol. The maximum absolute atomic E-state index is 11.0. The summed E-state index contributed by atoms with van der Waals surface area (Å²) >= 11 is 0. The molecule has 0 saturated heterocycles. The van der Waals surface area contributed by atoms with Gasteiger partial charge in [-0.05, 0) is 29.8 Å². The number of hydrogen-bond acceptors (Lipinski definition) is 3. The molecule has 0 aliphatic carbocycles. The van der Waals surface area contributed by atoms with Gasteiger partial charge in [-0.15, -0.1) is 0 Å². The zero-order chi connectivity index (χ0) is 17.9. The number of rotatable bonds is 12. The van der Waals surface area contributed by atoms with Crippen LogP contribution in [0.4, 0.5) is 0 Å². The molecule has 0 spiro atoms. The SMILES string of the molecule is CCCCCCCCNCc1c(OCC(N)=O)ccc2ccccc12. The van der Waals surface area contributed by atoms with Crippen molar-refractivity contribution >= 4 is 16.7 Å². The van der Waals surface area contributed by atoms with Crippen LogP contribution in [0.25, 0.3) is 10.8 Å². The minimum absolute atomic E-state index is 0.0945. The predicted octanol–water partition coefficient (Wildman–Crippen LogP) is 4.15. The summed E-state index contributed by atoms with van der Waals surface area (Å²) in [7, 11) is 0. The van der Waals surface area contributed by atoms with Gasteiger partial charge in [0.2, 0.25) is 0 Å². The molecule has 25 heavy (non-hydrogen) atoms. The number of unbranched alkanes of at least 4 members (excludes halogenated alkanes) is 5. The topological polar surface area (TPSA) is 64.3 Å². The molecule has 0 bridgehead atoms. The van der Waals surface area contributed by atoms with Crippen molar-refractivity contribution < 1.29 is 9.53 Å². The van der Waals surface area contributed by atoms with Gasteiger partial charge in [0, 0.05) is 12.1 Å². The lowest BCUT2D eigenvalue weighted by Gasteiger charge is -2.14. The van der Waals surface area contributed by atoms with Gasteiger partial charge in [0.1, 0.15) is 5.75 Å². The van der Waals surface area contributed by atoms with E-state index >= 15 is 0 Å². The number of nitrogens with one attached hydrogen (secondary N) is 1.